The summed E-state index contributed by atoms with van der Waals surface area (Å²) in [6.07, 6.45) is 0.605. The van der Waals surface area contributed by atoms with Crippen LogP contribution in [0.3, 0.4) is 0 Å². The van der Waals surface area contributed by atoms with E-state index in [4.69, 9.17) is 0 Å². The van der Waals surface area contributed by atoms with Crippen LogP contribution in [0.5, 0.6) is 5.75 Å². The molecule has 1 saturated heterocycles. The lowest BCUT2D eigenvalue weighted by Crippen LogP contribution is -2.45. The topological polar surface area (TPSA) is 35.5 Å². The summed E-state index contributed by atoms with van der Waals surface area (Å²) in [5.41, 5.74) is -2.88. The number of phenolic OH excluding ortho intramolecular Hbond substituents is 1. The molecule has 0 unspecified atom stereocenters. The summed E-state index contributed by atoms with van der Waals surface area (Å²) >= 11 is -0.158. The Hall–Kier alpha value is -1.18. The largest absolute Gasteiger partial charge is 0.508 e. The van der Waals surface area contributed by atoms with E-state index in [1.165, 1.54) is 18.2 Å². The summed E-state index contributed by atoms with van der Waals surface area (Å²) in [4.78, 5) is 2.27. The predicted molar refractivity (Wildman–Crippen MR) is 86.6 cm³/mol. The van der Waals surface area contributed by atoms with Gasteiger partial charge in [-0.2, -0.15) is 13.2 Å². The molecule has 2 N–H and O–H groups in total. The van der Waals surface area contributed by atoms with E-state index < -0.39 is 5.51 Å². The van der Waals surface area contributed by atoms with Crippen molar-refractivity contribution in [2.24, 2.45) is 0 Å². The lowest BCUT2D eigenvalue weighted by Gasteiger charge is -2.36. The van der Waals surface area contributed by atoms with E-state index in [2.05, 4.69) is 16.8 Å². The predicted octanol–water partition coefficient (Wildman–Crippen LogP) is 3.92. The fourth-order valence-electron chi connectivity index (χ4n) is 2.76. The van der Waals surface area contributed by atoms with Crippen molar-refractivity contribution >= 4 is 11.8 Å². The van der Waals surface area contributed by atoms with Gasteiger partial charge in [-0.05, 0) is 43.3 Å². The van der Waals surface area contributed by atoms with Crippen molar-refractivity contribution in [1.82, 2.24) is 10.2 Å². The highest BCUT2D eigenvalue weighted by molar-refractivity contribution is 8.00. The highest BCUT2D eigenvalue weighted by atomic mass is 32.2. The van der Waals surface area contributed by atoms with Crippen molar-refractivity contribution < 1.29 is 18.3 Å². The molecule has 128 valence electrons. The average molecular weight is 346 g/mol. The third kappa shape index (κ3) is 5.44. The molecule has 23 heavy (non-hydrogen) atoms. The lowest BCUT2D eigenvalue weighted by atomic mass is 9.97. The van der Waals surface area contributed by atoms with Gasteiger partial charge in [0, 0.05) is 42.7 Å². The van der Waals surface area contributed by atoms with Crippen molar-refractivity contribution in [3.63, 3.8) is 0 Å². The van der Waals surface area contributed by atoms with Crippen LogP contribution in [0.25, 0.3) is 0 Å². The quantitative estimate of drug-likeness (QED) is 0.626. The Morgan fingerprint density at radius 1 is 1.39 bits per heavy atom. The van der Waals surface area contributed by atoms with Gasteiger partial charge in [0.2, 0.25) is 0 Å². The molecule has 0 bridgehead atoms. The van der Waals surface area contributed by atoms with Crippen LogP contribution >= 0.6 is 11.8 Å². The molecule has 0 aromatic heterocycles. The van der Waals surface area contributed by atoms with Gasteiger partial charge in [-0.25, -0.2) is 0 Å². The van der Waals surface area contributed by atoms with Crippen LogP contribution in [0.1, 0.15) is 24.9 Å². The molecule has 0 aliphatic carbocycles. The van der Waals surface area contributed by atoms with Gasteiger partial charge in [-0.15, -0.1) is 6.58 Å². The van der Waals surface area contributed by atoms with Gasteiger partial charge in [0.1, 0.15) is 5.75 Å². The SMILES string of the molecule is C=C(C)C[C@H](c1cc(SC(F)(F)F)ccc1O)N1CCNCC1. The first-order chi connectivity index (χ1) is 10.8. The van der Waals surface area contributed by atoms with Gasteiger partial charge in [-0.3, -0.25) is 4.90 Å². The number of nitrogens with zero attached hydrogens (tertiary/aromatic N) is 1. The van der Waals surface area contributed by atoms with Crippen LogP contribution in [0.2, 0.25) is 0 Å². The zero-order chi connectivity index (χ0) is 17.0. The molecule has 1 aromatic rings. The summed E-state index contributed by atoms with van der Waals surface area (Å²) in [6, 6.07) is 3.93. The van der Waals surface area contributed by atoms with Gasteiger partial charge < -0.3 is 10.4 Å². The summed E-state index contributed by atoms with van der Waals surface area (Å²) < 4.78 is 37.8. The zero-order valence-electron chi connectivity index (χ0n) is 13.0. The maximum absolute atomic E-state index is 12.6. The zero-order valence-corrected chi connectivity index (χ0v) is 13.8. The molecular formula is C16H21F3N2OS. The minimum absolute atomic E-state index is 0.0290. The molecular weight excluding hydrogens is 325 g/mol. The number of nitrogens with one attached hydrogen (secondary N) is 1. The molecule has 1 atom stereocenters. The summed E-state index contributed by atoms with van der Waals surface area (Å²) in [5.74, 6) is 0.0290. The molecule has 3 nitrogen and oxygen atoms in total. The van der Waals surface area contributed by atoms with Gasteiger partial charge in [0.05, 0.1) is 0 Å². The van der Waals surface area contributed by atoms with Crippen LogP contribution in [-0.2, 0) is 0 Å². The molecule has 1 aliphatic heterocycles. The second-order valence-corrected chi connectivity index (χ2v) is 6.87. The molecule has 0 spiro atoms. The van der Waals surface area contributed by atoms with Crippen LogP contribution in [0.15, 0.2) is 35.2 Å². The highest BCUT2D eigenvalue weighted by Gasteiger charge is 2.31. The van der Waals surface area contributed by atoms with Crippen molar-refractivity contribution in [1.29, 1.82) is 0 Å². The second-order valence-electron chi connectivity index (χ2n) is 5.73. The molecule has 1 aromatic carbocycles. The van der Waals surface area contributed by atoms with Gasteiger partial charge >= 0.3 is 5.51 Å². The summed E-state index contributed by atoms with van der Waals surface area (Å²) in [6.45, 7) is 9.03. The Bertz CT molecular complexity index is 557. The normalized spacial score (nSPS) is 17.9. The molecule has 1 heterocycles. The van der Waals surface area contributed by atoms with E-state index in [0.29, 0.717) is 12.0 Å². The fraction of sp³-hybridized carbons (Fsp3) is 0.500. The molecule has 0 amide bonds. The number of piperazine rings is 1. The number of benzene rings is 1. The minimum atomic E-state index is -4.34. The number of thioether (sulfide) groups is 1. The van der Waals surface area contributed by atoms with Gasteiger partial charge in [0.25, 0.3) is 0 Å². The minimum Gasteiger partial charge on any atom is -0.508 e. The molecule has 2 rings (SSSR count). The Balaban J connectivity index is 2.32. The monoisotopic (exact) mass is 346 g/mol. The average Bonchev–Trinajstić information content (AvgIpc) is 2.46. The maximum atomic E-state index is 12.6. The number of hydrogen-bond acceptors (Lipinski definition) is 4. The molecule has 0 radical (unpaired) electrons. The van der Waals surface area contributed by atoms with Crippen molar-refractivity contribution in [3.05, 3.63) is 35.9 Å². The van der Waals surface area contributed by atoms with Gasteiger partial charge in [-0.1, -0.05) is 5.57 Å². The number of phenols is 1. The third-order valence-corrected chi connectivity index (χ3v) is 4.45. The van der Waals surface area contributed by atoms with E-state index in [1.807, 2.05) is 6.92 Å². The highest BCUT2D eigenvalue weighted by Crippen LogP contribution is 2.41. The van der Waals surface area contributed by atoms with Crippen molar-refractivity contribution in [2.45, 2.75) is 29.8 Å². The first-order valence-corrected chi connectivity index (χ1v) is 8.26. The number of rotatable bonds is 5. The third-order valence-electron chi connectivity index (χ3n) is 3.73. The Morgan fingerprint density at radius 2 is 2.04 bits per heavy atom. The Kier molecular flexibility index (Phi) is 6.00. The number of halogens is 3. The second kappa shape index (κ2) is 7.59. The standard InChI is InChI=1S/C16H21F3N2OS/c1-11(2)9-14(21-7-5-20-6-8-21)13-10-12(3-4-15(13)22)23-16(17,18)19/h3-4,10,14,20,22H,1,5-9H2,2H3/t14-/m1/s1. The van der Waals surface area contributed by atoms with E-state index in [-0.39, 0.29) is 28.4 Å². The van der Waals surface area contributed by atoms with Gasteiger partial charge in [0.15, 0.2) is 0 Å². The summed E-state index contributed by atoms with van der Waals surface area (Å²) in [5, 5.41) is 13.4. The molecule has 1 fully saturated rings. The Morgan fingerprint density at radius 3 is 2.61 bits per heavy atom. The first-order valence-electron chi connectivity index (χ1n) is 7.44. The smallest absolute Gasteiger partial charge is 0.446 e. The number of hydrogen-bond donors (Lipinski definition) is 2. The van der Waals surface area contributed by atoms with E-state index in [0.717, 1.165) is 31.8 Å². The summed E-state index contributed by atoms with van der Waals surface area (Å²) in [7, 11) is 0. The van der Waals surface area contributed by atoms with Crippen LogP contribution in [-0.4, -0.2) is 41.7 Å². The van der Waals surface area contributed by atoms with Crippen LogP contribution in [0.4, 0.5) is 13.2 Å². The van der Waals surface area contributed by atoms with E-state index in [1.54, 1.807) is 0 Å². The molecule has 1 aliphatic rings. The Labute approximate surface area is 138 Å². The lowest BCUT2D eigenvalue weighted by molar-refractivity contribution is -0.0328. The van der Waals surface area contributed by atoms with Crippen LogP contribution in [0, 0.1) is 0 Å². The van der Waals surface area contributed by atoms with Crippen molar-refractivity contribution in [2.75, 3.05) is 26.2 Å². The first kappa shape index (κ1) is 18.2. The number of aromatic hydroxyl groups is 1. The molecule has 7 heteroatoms. The number of alkyl halides is 3. The molecule has 0 saturated carbocycles. The maximum Gasteiger partial charge on any atom is 0.446 e. The van der Waals surface area contributed by atoms with Crippen molar-refractivity contribution in [3.8, 4) is 5.75 Å². The fourth-order valence-corrected chi connectivity index (χ4v) is 3.35. The van der Waals surface area contributed by atoms with E-state index >= 15 is 0 Å². The van der Waals surface area contributed by atoms with E-state index in [9.17, 15) is 18.3 Å². The van der Waals surface area contributed by atoms with Crippen LogP contribution < -0.4 is 5.32 Å².